The molecule has 0 aromatic rings. The molecule has 0 rings (SSSR count). The van der Waals surface area contributed by atoms with Crippen LogP contribution in [-0.4, -0.2) is 39.8 Å². The van der Waals surface area contributed by atoms with Crippen molar-refractivity contribution in [2.45, 2.75) is 26.3 Å². The quantitative estimate of drug-likeness (QED) is 0.665. The predicted molar refractivity (Wildman–Crippen MR) is 62.8 cm³/mol. The van der Waals surface area contributed by atoms with Crippen LogP contribution in [0, 0.1) is 5.92 Å². The number of hydrogen-bond acceptors (Lipinski definition) is 3. The Morgan fingerprint density at radius 1 is 1.40 bits per heavy atom. The SMILES string of the molecule is COCCC(C)NS(=O)(=O)CC(C)CCl. The average Bonchev–Trinajstić information content (AvgIpc) is 2.12. The lowest BCUT2D eigenvalue weighted by atomic mass is 10.3. The van der Waals surface area contributed by atoms with Gasteiger partial charge >= 0.3 is 0 Å². The molecule has 0 saturated heterocycles. The lowest BCUT2D eigenvalue weighted by molar-refractivity contribution is 0.188. The largest absolute Gasteiger partial charge is 0.385 e. The zero-order valence-electron chi connectivity index (χ0n) is 9.49. The first-order valence-corrected chi connectivity index (χ1v) is 7.15. The molecule has 2 unspecified atom stereocenters. The van der Waals surface area contributed by atoms with Crippen LogP contribution >= 0.6 is 11.6 Å². The van der Waals surface area contributed by atoms with Gasteiger partial charge in [0.2, 0.25) is 10.0 Å². The molecule has 2 atom stereocenters. The van der Waals surface area contributed by atoms with Crippen molar-refractivity contribution in [3.63, 3.8) is 0 Å². The van der Waals surface area contributed by atoms with Crippen LogP contribution in [-0.2, 0) is 14.8 Å². The molecule has 0 fully saturated rings. The second kappa shape index (κ2) is 7.44. The normalized spacial score (nSPS) is 16.3. The highest BCUT2D eigenvalue weighted by molar-refractivity contribution is 7.89. The maximum atomic E-state index is 11.6. The third kappa shape index (κ3) is 8.02. The lowest BCUT2D eigenvalue weighted by Crippen LogP contribution is -2.36. The highest BCUT2D eigenvalue weighted by Gasteiger charge is 2.17. The second-order valence-electron chi connectivity index (χ2n) is 3.84. The number of nitrogens with one attached hydrogen (secondary N) is 1. The first kappa shape index (κ1) is 15.2. The van der Waals surface area contributed by atoms with Crippen molar-refractivity contribution in [3.05, 3.63) is 0 Å². The van der Waals surface area contributed by atoms with Gasteiger partial charge in [0.05, 0.1) is 5.75 Å². The molecule has 0 amide bonds. The molecule has 0 bridgehead atoms. The number of halogens is 1. The van der Waals surface area contributed by atoms with E-state index in [1.54, 1.807) is 7.11 Å². The summed E-state index contributed by atoms with van der Waals surface area (Å²) in [7, 11) is -1.62. The van der Waals surface area contributed by atoms with Crippen LogP contribution in [0.2, 0.25) is 0 Å². The maximum absolute atomic E-state index is 11.6. The number of sulfonamides is 1. The van der Waals surface area contributed by atoms with Crippen molar-refractivity contribution < 1.29 is 13.2 Å². The summed E-state index contributed by atoms with van der Waals surface area (Å²) in [6.07, 6.45) is 0.672. The summed E-state index contributed by atoms with van der Waals surface area (Å²) in [6.45, 7) is 4.18. The number of rotatable bonds is 8. The molecule has 15 heavy (non-hydrogen) atoms. The van der Waals surface area contributed by atoms with Crippen LogP contribution in [0.25, 0.3) is 0 Å². The minimum Gasteiger partial charge on any atom is -0.385 e. The summed E-state index contributed by atoms with van der Waals surface area (Å²) in [5, 5.41) is 0. The Hall–Kier alpha value is 0.160. The van der Waals surface area contributed by atoms with Crippen molar-refractivity contribution >= 4 is 21.6 Å². The molecule has 0 aliphatic heterocycles. The van der Waals surface area contributed by atoms with Crippen LogP contribution in [0.4, 0.5) is 0 Å². The Bertz CT molecular complexity index is 256. The first-order chi connectivity index (χ1) is 6.91. The van der Waals surface area contributed by atoms with E-state index in [0.717, 1.165) is 0 Å². The number of methoxy groups -OCH3 is 1. The van der Waals surface area contributed by atoms with Crippen LogP contribution < -0.4 is 4.72 Å². The summed E-state index contributed by atoms with van der Waals surface area (Å²) in [4.78, 5) is 0. The molecule has 0 aromatic heterocycles. The van der Waals surface area contributed by atoms with Crippen LogP contribution in [0.1, 0.15) is 20.3 Å². The minimum absolute atomic E-state index is 0.0289. The standard InChI is InChI=1S/C9H20ClNO3S/c1-8(6-10)7-15(12,13)11-9(2)4-5-14-3/h8-9,11H,4-7H2,1-3H3. The highest BCUT2D eigenvalue weighted by Crippen LogP contribution is 2.03. The van der Waals surface area contributed by atoms with Gasteiger partial charge in [-0.25, -0.2) is 13.1 Å². The molecular formula is C9H20ClNO3S. The van der Waals surface area contributed by atoms with Crippen molar-refractivity contribution in [2.75, 3.05) is 25.3 Å². The van der Waals surface area contributed by atoms with Crippen LogP contribution in [0.15, 0.2) is 0 Å². The van der Waals surface area contributed by atoms with E-state index in [9.17, 15) is 8.42 Å². The number of ether oxygens (including phenoxy) is 1. The molecule has 6 heteroatoms. The molecule has 4 nitrogen and oxygen atoms in total. The predicted octanol–water partition coefficient (Wildman–Crippen LogP) is 1.21. The Balaban J connectivity index is 4.02. The molecule has 0 aliphatic carbocycles. The van der Waals surface area contributed by atoms with E-state index < -0.39 is 10.0 Å². The van der Waals surface area contributed by atoms with Crippen molar-refractivity contribution in [2.24, 2.45) is 5.92 Å². The van der Waals surface area contributed by atoms with Gasteiger partial charge in [0.15, 0.2) is 0 Å². The fraction of sp³-hybridized carbons (Fsp3) is 1.00. The van der Waals surface area contributed by atoms with Gasteiger partial charge in [0, 0.05) is 25.6 Å². The Morgan fingerprint density at radius 2 is 2.00 bits per heavy atom. The van der Waals surface area contributed by atoms with E-state index in [-0.39, 0.29) is 17.7 Å². The van der Waals surface area contributed by atoms with Gasteiger partial charge in [-0.05, 0) is 19.3 Å². The monoisotopic (exact) mass is 257 g/mol. The molecule has 0 saturated carbocycles. The molecule has 0 aromatic carbocycles. The van der Waals surface area contributed by atoms with Crippen LogP contribution in [0.5, 0.6) is 0 Å². The first-order valence-electron chi connectivity index (χ1n) is 4.96. The molecule has 0 aliphatic rings. The molecular weight excluding hydrogens is 238 g/mol. The summed E-state index contributed by atoms with van der Waals surface area (Å²) in [6, 6.07) is -0.0996. The van der Waals surface area contributed by atoms with Crippen LogP contribution in [0.3, 0.4) is 0 Å². The van der Waals surface area contributed by atoms with Gasteiger partial charge in [0.1, 0.15) is 0 Å². The Kier molecular flexibility index (Phi) is 7.52. The smallest absolute Gasteiger partial charge is 0.212 e. The van der Waals surface area contributed by atoms with E-state index >= 15 is 0 Å². The van der Waals surface area contributed by atoms with Gasteiger partial charge in [-0.2, -0.15) is 0 Å². The van der Waals surface area contributed by atoms with Crippen molar-refractivity contribution in [1.82, 2.24) is 4.72 Å². The summed E-state index contributed by atoms with van der Waals surface area (Å²) in [5.41, 5.74) is 0. The Labute approximate surface area is 97.4 Å². The van der Waals surface area contributed by atoms with Gasteiger partial charge < -0.3 is 4.74 Å². The zero-order chi connectivity index (χ0) is 11.9. The van der Waals surface area contributed by atoms with Crippen molar-refractivity contribution in [1.29, 1.82) is 0 Å². The summed E-state index contributed by atoms with van der Waals surface area (Å²) >= 11 is 5.57. The average molecular weight is 258 g/mol. The van der Waals surface area contributed by atoms with E-state index in [1.165, 1.54) is 0 Å². The second-order valence-corrected chi connectivity index (χ2v) is 5.95. The van der Waals surface area contributed by atoms with E-state index in [2.05, 4.69) is 4.72 Å². The van der Waals surface area contributed by atoms with Crippen molar-refractivity contribution in [3.8, 4) is 0 Å². The minimum atomic E-state index is -3.21. The third-order valence-electron chi connectivity index (χ3n) is 1.90. The maximum Gasteiger partial charge on any atom is 0.212 e. The van der Waals surface area contributed by atoms with E-state index in [1.807, 2.05) is 13.8 Å². The fourth-order valence-corrected chi connectivity index (χ4v) is 3.06. The summed E-state index contributed by atoms with van der Waals surface area (Å²) < 4.78 is 30.6. The molecule has 92 valence electrons. The molecule has 1 N–H and O–H groups in total. The van der Waals surface area contributed by atoms with Gasteiger partial charge in [0.25, 0.3) is 0 Å². The van der Waals surface area contributed by atoms with Gasteiger partial charge in [-0.15, -0.1) is 11.6 Å². The third-order valence-corrected chi connectivity index (χ3v) is 4.20. The highest BCUT2D eigenvalue weighted by atomic mass is 35.5. The van der Waals surface area contributed by atoms with E-state index in [4.69, 9.17) is 16.3 Å². The molecule has 0 radical (unpaired) electrons. The number of hydrogen-bond donors (Lipinski definition) is 1. The Morgan fingerprint density at radius 3 is 2.47 bits per heavy atom. The van der Waals surface area contributed by atoms with E-state index in [0.29, 0.717) is 18.9 Å². The topological polar surface area (TPSA) is 55.4 Å². The zero-order valence-corrected chi connectivity index (χ0v) is 11.1. The lowest BCUT2D eigenvalue weighted by Gasteiger charge is -2.15. The molecule has 0 spiro atoms. The van der Waals surface area contributed by atoms with Gasteiger partial charge in [-0.3, -0.25) is 0 Å². The fourth-order valence-electron chi connectivity index (χ4n) is 1.13. The number of alkyl halides is 1. The summed E-state index contributed by atoms with van der Waals surface area (Å²) in [5.74, 6) is 0.403. The van der Waals surface area contributed by atoms with Gasteiger partial charge in [-0.1, -0.05) is 6.92 Å². The molecule has 0 heterocycles.